The van der Waals surface area contributed by atoms with E-state index in [4.69, 9.17) is 11.6 Å². The third-order valence-electron chi connectivity index (χ3n) is 6.20. The topological polar surface area (TPSA) is 86.8 Å². The molecule has 0 spiro atoms. The number of hydrogen-bond acceptors (Lipinski definition) is 4. The summed E-state index contributed by atoms with van der Waals surface area (Å²) < 4.78 is 42.0. The molecule has 3 rings (SSSR count). The van der Waals surface area contributed by atoms with Crippen LogP contribution in [0.25, 0.3) is 0 Å². The van der Waals surface area contributed by atoms with E-state index in [0.717, 1.165) is 46.1 Å². The molecule has 0 aliphatic rings. The molecule has 0 heterocycles. The first-order valence-electron chi connectivity index (χ1n) is 12.7. The second-order valence-electron chi connectivity index (χ2n) is 9.16. The highest BCUT2D eigenvalue weighted by Crippen LogP contribution is 2.25. The Bertz CT molecular complexity index is 1370. The Hall–Kier alpha value is -3.43. The fourth-order valence-electron chi connectivity index (χ4n) is 4.05. The number of amides is 2. The second-order valence-corrected chi connectivity index (χ2v) is 11.5. The van der Waals surface area contributed by atoms with Crippen LogP contribution < -0.4 is 9.62 Å². The van der Waals surface area contributed by atoms with E-state index in [1.165, 1.54) is 4.90 Å². The first-order chi connectivity index (χ1) is 18.6. The maximum Gasteiger partial charge on any atom is 0.264 e. The zero-order valence-electron chi connectivity index (χ0n) is 22.2. The highest BCUT2D eigenvalue weighted by molar-refractivity contribution is 7.92. The standard InChI is InChI=1S/C29H33ClFN3O4S/c1-4-18-32-29(36)27(5-2)33(19-22-8-10-23(30)11-9-22)28(35)20-34(25-14-6-21(3)7-15-25)39(37,38)26-16-12-24(31)13-17-26/h6-17,27H,4-5,18-20H2,1-3H3,(H,32,36)/t27-/m0/s1. The van der Waals surface area contributed by atoms with Gasteiger partial charge in [-0.25, -0.2) is 12.8 Å². The number of aryl methyl sites for hydroxylation is 1. The minimum absolute atomic E-state index is 0.0758. The van der Waals surface area contributed by atoms with Crippen molar-refractivity contribution in [1.29, 1.82) is 0 Å². The van der Waals surface area contributed by atoms with E-state index in [0.29, 0.717) is 18.0 Å². The van der Waals surface area contributed by atoms with E-state index in [1.807, 2.05) is 13.8 Å². The number of nitrogens with one attached hydrogen (secondary N) is 1. The predicted octanol–water partition coefficient (Wildman–Crippen LogP) is 5.32. The van der Waals surface area contributed by atoms with E-state index in [2.05, 4.69) is 5.32 Å². The van der Waals surface area contributed by atoms with Crippen LogP contribution in [0.5, 0.6) is 0 Å². The number of benzene rings is 3. The fraction of sp³-hybridized carbons (Fsp3) is 0.310. The maximum atomic E-state index is 13.9. The summed E-state index contributed by atoms with van der Waals surface area (Å²) in [6.07, 6.45) is 1.05. The third-order valence-corrected chi connectivity index (χ3v) is 8.24. The molecule has 0 radical (unpaired) electrons. The van der Waals surface area contributed by atoms with Crippen molar-refractivity contribution >= 4 is 39.1 Å². The van der Waals surface area contributed by atoms with Crippen LogP contribution in [-0.4, -0.2) is 44.3 Å². The molecule has 1 atom stereocenters. The summed E-state index contributed by atoms with van der Waals surface area (Å²) in [5, 5.41) is 3.37. The van der Waals surface area contributed by atoms with Gasteiger partial charge in [0.05, 0.1) is 10.6 Å². The van der Waals surface area contributed by atoms with Crippen LogP contribution in [0.1, 0.15) is 37.8 Å². The van der Waals surface area contributed by atoms with E-state index in [-0.39, 0.29) is 23.0 Å². The van der Waals surface area contributed by atoms with Gasteiger partial charge in [-0.2, -0.15) is 0 Å². The van der Waals surface area contributed by atoms with Crippen LogP contribution in [0, 0.1) is 12.7 Å². The monoisotopic (exact) mass is 573 g/mol. The number of carbonyl (C=O) groups is 2. The molecule has 0 bridgehead atoms. The Balaban J connectivity index is 2.03. The molecule has 0 saturated carbocycles. The smallest absolute Gasteiger partial charge is 0.264 e. The van der Waals surface area contributed by atoms with Crippen molar-refractivity contribution in [3.63, 3.8) is 0 Å². The summed E-state index contributed by atoms with van der Waals surface area (Å²) in [6.45, 7) is 5.55. The fourth-order valence-corrected chi connectivity index (χ4v) is 5.59. The van der Waals surface area contributed by atoms with E-state index in [1.54, 1.807) is 55.5 Å². The zero-order valence-corrected chi connectivity index (χ0v) is 23.8. The van der Waals surface area contributed by atoms with Gasteiger partial charge in [0.1, 0.15) is 18.4 Å². The molecule has 1 N–H and O–H groups in total. The highest BCUT2D eigenvalue weighted by Gasteiger charge is 2.33. The molecule has 0 aromatic heterocycles. The molecule has 39 heavy (non-hydrogen) atoms. The van der Waals surface area contributed by atoms with Crippen LogP contribution in [0.2, 0.25) is 5.02 Å². The molecule has 7 nitrogen and oxygen atoms in total. The number of halogens is 2. The molecule has 0 aliphatic heterocycles. The number of sulfonamides is 1. The summed E-state index contributed by atoms with van der Waals surface area (Å²) in [4.78, 5) is 28.2. The van der Waals surface area contributed by atoms with Crippen molar-refractivity contribution in [2.24, 2.45) is 0 Å². The van der Waals surface area contributed by atoms with Gasteiger partial charge in [0.25, 0.3) is 10.0 Å². The van der Waals surface area contributed by atoms with Gasteiger partial charge in [-0.1, -0.05) is 55.3 Å². The van der Waals surface area contributed by atoms with E-state index in [9.17, 15) is 22.4 Å². The molecule has 0 fully saturated rings. The highest BCUT2D eigenvalue weighted by atomic mass is 35.5. The Labute approximate surface area is 234 Å². The molecule has 10 heteroatoms. The second kappa shape index (κ2) is 13.6. The van der Waals surface area contributed by atoms with Crippen molar-refractivity contribution in [2.45, 2.75) is 51.1 Å². The van der Waals surface area contributed by atoms with Gasteiger partial charge in [-0.3, -0.25) is 13.9 Å². The third kappa shape index (κ3) is 7.80. The largest absolute Gasteiger partial charge is 0.354 e. The number of nitrogens with zero attached hydrogens (tertiary/aromatic N) is 2. The van der Waals surface area contributed by atoms with Gasteiger partial charge >= 0.3 is 0 Å². The van der Waals surface area contributed by atoms with Crippen molar-refractivity contribution < 1.29 is 22.4 Å². The molecule has 0 unspecified atom stereocenters. The SMILES string of the molecule is CCCNC(=O)[C@H](CC)N(Cc1ccc(Cl)cc1)C(=O)CN(c1ccc(C)cc1)S(=O)(=O)c1ccc(F)cc1. The zero-order chi connectivity index (χ0) is 28.6. The van der Waals surface area contributed by atoms with Crippen molar-refractivity contribution in [2.75, 3.05) is 17.4 Å². The van der Waals surface area contributed by atoms with Gasteiger partial charge in [0.2, 0.25) is 11.8 Å². The normalized spacial score (nSPS) is 12.0. The molecule has 3 aromatic carbocycles. The van der Waals surface area contributed by atoms with Gasteiger partial charge in [0.15, 0.2) is 0 Å². The summed E-state index contributed by atoms with van der Waals surface area (Å²) in [5.41, 5.74) is 1.91. The van der Waals surface area contributed by atoms with Crippen LogP contribution in [0.3, 0.4) is 0 Å². The lowest BCUT2D eigenvalue weighted by atomic mass is 10.1. The molecule has 208 valence electrons. The van der Waals surface area contributed by atoms with Crippen molar-refractivity contribution in [3.8, 4) is 0 Å². The maximum absolute atomic E-state index is 13.9. The summed E-state index contributed by atoms with van der Waals surface area (Å²) >= 11 is 6.03. The molecule has 0 saturated heterocycles. The van der Waals surface area contributed by atoms with Crippen LogP contribution in [-0.2, 0) is 26.2 Å². The van der Waals surface area contributed by atoms with E-state index >= 15 is 0 Å². The first-order valence-corrected chi connectivity index (χ1v) is 14.5. The van der Waals surface area contributed by atoms with Crippen molar-refractivity contribution in [3.05, 3.63) is 94.8 Å². The first kappa shape index (κ1) is 30.1. The molecular formula is C29H33ClFN3O4S. The molecular weight excluding hydrogens is 541 g/mol. The molecule has 0 aliphatic carbocycles. The lowest BCUT2D eigenvalue weighted by Gasteiger charge is -2.33. The lowest BCUT2D eigenvalue weighted by Crippen LogP contribution is -2.52. The summed E-state index contributed by atoms with van der Waals surface area (Å²) in [6, 6.07) is 17.2. The average Bonchev–Trinajstić information content (AvgIpc) is 2.92. The Kier molecular flexibility index (Phi) is 10.5. The number of carbonyl (C=O) groups excluding carboxylic acids is 2. The Morgan fingerprint density at radius 2 is 1.56 bits per heavy atom. The summed E-state index contributed by atoms with van der Waals surface area (Å²) in [5.74, 6) is -1.45. The van der Waals surface area contributed by atoms with E-state index < -0.39 is 34.3 Å². The minimum atomic E-state index is -4.26. The van der Waals surface area contributed by atoms with Gasteiger partial charge in [-0.15, -0.1) is 0 Å². The van der Waals surface area contributed by atoms with Crippen LogP contribution >= 0.6 is 11.6 Å². The predicted molar refractivity (Wildman–Crippen MR) is 151 cm³/mol. The Morgan fingerprint density at radius 3 is 2.13 bits per heavy atom. The quantitative estimate of drug-likeness (QED) is 0.318. The van der Waals surface area contributed by atoms with Gasteiger partial charge < -0.3 is 10.2 Å². The number of hydrogen-bond donors (Lipinski definition) is 1. The number of rotatable bonds is 12. The minimum Gasteiger partial charge on any atom is -0.354 e. The Morgan fingerprint density at radius 1 is 0.949 bits per heavy atom. The van der Waals surface area contributed by atoms with Crippen LogP contribution in [0.4, 0.5) is 10.1 Å². The lowest BCUT2D eigenvalue weighted by molar-refractivity contribution is -0.140. The molecule has 2 amide bonds. The summed E-state index contributed by atoms with van der Waals surface area (Å²) in [7, 11) is -4.26. The average molecular weight is 574 g/mol. The molecule has 3 aromatic rings. The van der Waals surface area contributed by atoms with Gasteiger partial charge in [-0.05, 0) is 73.9 Å². The van der Waals surface area contributed by atoms with Crippen LogP contribution in [0.15, 0.2) is 77.7 Å². The van der Waals surface area contributed by atoms with Crippen molar-refractivity contribution in [1.82, 2.24) is 10.2 Å². The number of anilines is 1. The van der Waals surface area contributed by atoms with Gasteiger partial charge in [0, 0.05) is 18.1 Å².